The Labute approximate surface area is 83.9 Å². The Morgan fingerprint density at radius 3 is 3.00 bits per heavy atom. The minimum Gasteiger partial charge on any atom is -0.374 e. The molecule has 1 aromatic heterocycles. The molecule has 0 spiro atoms. The lowest BCUT2D eigenvalue weighted by Crippen LogP contribution is -2.15. The summed E-state index contributed by atoms with van der Waals surface area (Å²) in [6.07, 6.45) is 2.62. The van der Waals surface area contributed by atoms with Crippen molar-refractivity contribution >= 4 is 5.78 Å². The Morgan fingerprint density at radius 2 is 2.36 bits per heavy atom. The Hall–Kier alpha value is -1.16. The first-order chi connectivity index (χ1) is 6.79. The largest absolute Gasteiger partial charge is 0.374 e. The van der Waals surface area contributed by atoms with E-state index in [0.29, 0.717) is 12.3 Å². The van der Waals surface area contributed by atoms with Gasteiger partial charge in [0.2, 0.25) is 5.78 Å². The second-order valence-electron chi connectivity index (χ2n) is 3.00. The zero-order chi connectivity index (χ0) is 10.4. The van der Waals surface area contributed by atoms with Crippen LogP contribution in [0.1, 0.15) is 30.8 Å². The molecule has 0 bridgehead atoms. The average Bonchev–Trinajstić information content (AvgIpc) is 2.63. The Balaban J connectivity index is 2.63. The van der Waals surface area contributed by atoms with Crippen LogP contribution < -0.4 is 0 Å². The molecule has 1 rings (SSSR count). The van der Waals surface area contributed by atoms with Crippen molar-refractivity contribution in [2.75, 3.05) is 13.2 Å². The molecule has 4 nitrogen and oxygen atoms in total. The minimum absolute atomic E-state index is 0.00204. The van der Waals surface area contributed by atoms with Gasteiger partial charge in [0.05, 0.1) is 0 Å². The van der Waals surface area contributed by atoms with Crippen LogP contribution in [-0.4, -0.2) is 28.8 Å². The maximum atomic E-state index is 11.6. The first-order valence-electron chi connectivity index (χ1n) is 4.92. The topological polar surface area (TPSA) is 44.1 Å². The summed E-state index contributed by atoms with van der Waals surface area (Å²) in [5, 5.41) is 4.08. The fraction of sp³-hybridized carbons (Fsp3) is 0.600. The van der Waals surface area contributed by atoms with Crippen molar-refractivity contribution in [3.63, 3.8) is 0 Å². The number of aromatic nitrogens is 2. The highest BCUT2D eigenvalue weighted by Crippen LogP contribution is 2.02. The SMILES string of the molecule is CCCn1nccc1C(=O)COCC. The number of hydrogen-bond donors (Lipinski definition) is 0. The van der Waals surface area contributed by atoms with Crippen LogP contribution in [0.2, 0.25) is 0 Å². The molecule has 0 saturated heterocycles. The molecule has 0 aliphatic heterocycles. The van der Waals surface area contributed by atoms with Gasteiger partial charge >= 0.3 is 0 Å². The standard InChI is InChI=1S/C10H16N2O2/c1-3-7-12-9(5-6-11-12)10(13)8-14-4-2/h5-6H,3-4,7-8H2,1-2H3. The Kier molecular flexibility index (Phi) is 4.32. The molecule has 0 aliphatic rings. The molecular weight excluding hydrogens is 180 g/mol. The molecule has 4 heteroatoms. The average molecular weight is 196 g/mol. The smallest absolute Gasteiger partial charge is 0.206 e. The number of carbonyl (C=O) groups is 1. The van der Waals surface area contributed by atoms with Crippen LogP contribution in [0.3, 0.4) is 0 Å². The van der Waals surface area contributed by atoms with E-state index < -0.39 is 0 Å². The van der Waals surface area contributed by atoms with Crippen LogP contribution >= 0.6 is 0 Å². The second kappa shape index (κ2) is 5.54. The predicted molar refractivity (Wildman–Crippen MR) is 53.3 cm³/mol. The number of aryl methyl sites for hydroxylation is 1. The number of hydrogen-bond acceptors (Lipinski definition) is 3. The Morgan fingerprint density at radius 1 is 1.57 bits per heavy atom. The number of ketones is 1. The van der Waals surface area contributed by atoms with Gasteiger partial charge in [0.25, 0.3) is 0 Å². The molecule has 78 valence electrons. The molecule has 0 aliphatic carbocycles. The van der Waals surface area contributed by atoms with E-state index in [1.54, 1.807) is 16.9 Å². The van der Waals surface area contributed by atoms with Gasteiger partial charge in [-0.05, 0) is 19.4 Å². The number of Topliss-reactive ketones (excluding diaryl/α,β-unsaturated/α-hetero) is 1. The summed E-state index contributed by atoms with van der Waals surface area (Å²) in [5.41, 5.74) is 0.639. The quantitative estimate of drug-likeness (QED) is 0.648. The van der Waals surface area contributed by atoms with Crippen LogP contribution in [0.15, 0.2) is 12.3 Å². The second-order valence-corrected chi connectivity index (χ2v) is 3.00. The third-order valence-electron chi connectivity index (χ3n) is 1.87. The first kappa shape index (κ1) is 10.9. The fourth-order valence-electron chi connectivity index (χ4n) is 1.23. The lowest BCUT2D eigenvalue weighted by molar-refractivity contribution is 0.0772. The number of nitrogens with zero attached hydrogens (tertiary/aromatic N) is 2. The van der Waals surface area contributed by atoms with E-state index in [2.05, 4.69) is 12.0 Å². The maximum absolute atomic E-state index is 11.6. The van der Waals surface area contributed by atoms with Crippen LogP contribution in [0.5, 0.6) is 0 Å². The highest BCUT2D eigenvalue weighted by molar-refractivity contribution is 5.95. The molecule has 1 aromatic rings. The van der Waals surface area contributed by atoms with Crippen molar-refractivity contribution in [1.82, 2.24) is 9.78 Å². The van der Waals surface area contributed by atoms with Gasteiger partial charge in [0.1, 0.15) is 12.3 Å². The molecule has 1 heterocycles. The van der Waals surface area contributed by atoms with E-state index in [1.807, 2.05) is 6.92 Å². The van der Waals surface area contributed by atoms with E-state index in [-0.39, 0.29) is 12.4 Å². The lowest BCUT2D eigenvalue weighted by Gasteiger charge is -2.04. The predicted octanol–water partition coefficient (Wildman–Crippen LogP) is 1.51. The first-order valence-corrected chi connectivity index (χ1v) is 4.92. The summed E-state index contributed by atoms with van der Waals surface area (Å²) in [6.45, 7) is 5.41. The molecule has 0 atom stereocenters. The van der Waals surface area contributed by atoms with E-state index in [4.69, 9.17) is 4.74 Å². The van der Waals surface area contributed by atoms with Gasteiger partial charge in [-0.15, -0.1) is 0 Å². The summed E-state index contributed by atoms with van der Waals surface area (Å²) in [4.78, 5) is 11.6. The molecule has 0 N–H and O–H groups in total. The summed E-state index contributed by atoms with van der Waals surface area (Å²) in [5.74, 6) is -0.00204. The summed E-state index contributed by atoms with van der Waals surface area (Å²) >= 11 is 0. The monoisotopic (exact) mass is 196 g/mol. The zero-order valence-electron chi connectivity index (χ0n) is 8.69. The molecule has 14 heavy (non-hydrogen) atoms. The van der Waals surface area contributed by atoms with Gasteiger partial charge < -0.3 is 4.74 Å². The van der Waals surface area contributed by atoms with Gasteiger partial charge in [-0.3, -0.25) is 9.48 Å². The van der Waals surface area contributed by atoms with Crippen LogP contribution in [0, 0.1) is 0 Å². The third kappa shape index (κ3) is 2.67. The van der Waals surface area contributed by atoms with Crippen LogP contribution in [0.25, 0.3) is 0 Å². The highest BCUT2D eigenvalue weighted by Gasteiger charge is 2.10. The van der Waals surface area contributed by atoms with Crippen molar-refractivity contribution in [2.24, 2.45) is 0 Å². The van der Waals surface area contributed by atoms with E-state index >= 15 is 0 Å². The number of rotatable bonds is 6. The van der Waals surface area contributed by atoms with Crippen LogP contribution in [0.4, 0.5) is 0 Å². The van der Waals surface area contributed by atoms with E-state index in [9.17, 15) is 4.79 Å². The molecular formula is C10H16N2O2. The van der Waals surface area contributed by atoms with Crippen molar-refractivity contribution in [3.05, 3.63) is 18.0 Å². The van der Waals surface area contributed by atoms with Crippen LogP contribution in [-0.2, 0) is 11.3 Å². The molecule has 0 aromatic carbocycles. The van der Waals surface area contributed by atoms with Gasteiger partial charge in [-0.25, -0.2) is 0 Å². The Bertz CT molecular complexity index is 294. The summed E-state index contributed by atoms with van der Waals surface area (Å²) in [7, 11) is 0. The van der Waals surface area contributed by atoms with Crippen molar-refractivity contribution < 1.29 is 9.53 Å². The van der Waals surface area contributed by atoms with Gasteiger partial charge in [0, 0.05) is 19.3 Å². The summed E-state index contributed by atoms with van der Waals surface area (Å²) in [6, 6.07) is 1.73. The van der Waals surface area contributed by atoms with Gasteiger partial charge in [-0.1, -0.05) is 6.92 Å². The van der Waals surface area contributed by atoms with E-state index in [1.165, 1.54) is 0 Å². The highest BCUT2D eigenvalue weighted by atomic mass is 16.5. The zero-order valence-corrected chi connectivity index (χ0v) is 8.69. The normalized spacial score (nSPS) is 10.4. The van der Waals surface area contributed by atoms with Crippen molar-refractivity contribution in [1.29, 1.82) is 0 Å². The molecule has 0 unspecified atom stereocenters. The van der Waals surface area contributed by atoms with Crippen molar-refractivity contribution in [3.8, 4) is 0 Å². The third-order valence-corrected chi connectivity index (χ3v) is 1.87. The molecule has 0 saturated carbocycles. The van der Waals surface area contributed by atoms with Gasteiger partial charge in [-0.2, -0.15) is 5.10 Å². The lowest BCUT2D eigenvalue weighted by atomic mass is 10.3. The minimum atomic E-state index is -0.00204. The number of ether oxygens (including phenoxy) is 1. The molecule has 0 radical (unpaired) electrons. The van der Waals surface area contributed by atoms with Gasteiger partial charge in [0.15, 0.2) is 0 Å². The van der Waals surface area contributed by atoms with Crippen molar-refractivity contribution in [2.45, 2.75) is 26.8 Å². The fourth-order valence-corrected chi connectivity index (χ4v) is 1.23. The van der Waals surface area contributed by atoms with E-state index in [0.717, 1.165) is 13.0 Å². The number of carbonyl (C=O) groups excluding carboxylic acids is 1. The maximum Gasteiger partial charge on any atom is 0.206 e. The molecule has 0 amide bonds. The molecule has 0 fully saturated rings. The summed E-state index contributed by atoms with van der Waals surface area (Å²) < 4.78 is 6.79.